The van der Waals surface area contributed by atoms with Gasteiger partial charge in [0, 0.05) is 28.6 Å². The number of aromatic nitrogens is 1. The molecule has 41 heavy (non-hydrogen) atoms. The number of amides is 3. The summed E-state index contributed by atoms with van der Waals surface area (Å²) in [5.74, 6) is -0.309. The number of H-pyrrole nitrogens is 1. The lowest BCUT2D eigenvalue weighted by Gasteiger charge is -2.14. The molecule has 8 heteroatoms. The molecule has 0 fully saturated rings. The molecule has 0 aliphatic heterocycles. The third-order valence-electron chi connectivity index (χ3n) is 6.69. The van der Waals surface area contributed by atoms with Crippen LogP contribution in [0, 0.1) is 0 Å². The van der Waals surface area contributed by atoms with Crippen LogP contribution in [0.5, 0.6) is 5.88 Å². The van der Waals surface area contributed by atoms with E-state index in [0.29, 0.717) is 45.7 Å². The molecule has 0 saturated heterocycles. The molecule has 0 unspecified atom stereocenters. The second kappa shape index (κ2) is 12.2. The monoisotopic (exact) mass is 545 g/mol. The molecule has 5 rings (SSSR count). The van der Waals surface area contributed by atoms with E-state index in [2.05, 4.69) is 20.9 Å². The lowest BCUT2D eigenvalue weighted by atomic mass is 9.99. The van der Waals surface area contributed by atoms with Gasteiger partial charge in [-0.2, -0.15) is 0 Å². The first-order valence-corrected chi connectivity index (χ1v) is 13.4. The van der Waals surface area contributed by atoms with Crippen molar-refractivity contribution < 1.29 is 14.7 Å². The number of carbonyl (C=O) groups is 2. The van der Waals surface area contributed by atoms with Gasteiger partial charge in [-0.15, -0.1) is 0 Å². The molecule has 0 aliphatic carbocycles. The van der Waals surface area contributed by atoms with E-state index in [9.17, 15) is 14.7 Å². The van der Waals surface area contributed by atoms with Crippen LogP contribution in [0.1, 0.15) is 46.9 Å². The predicted octanol–water partition coefficient (Wildman–Crippen LogP) is 6.68. The number of aromatic hydroxyl groups is 1. The highest BCUT2D eigenvalue weighted by Crippen LogP contribution is 2.34. The van der Waals surface area contributed by atoms with Crippen molar-refractivity contribution in [1.82, 2.24) is 15.6 Å². The Morgan fingerprint density at radius 1 is 0.878 bits per heavy atom. The zero-order chi connectivity index (χ0) is 28.8. The molecule has 8 nitrogen and oxygen atoms in total. The number of aromatic amines is 1. The number of nitrogens with zero attached hydrogens (tertiary/aromatic N) is 1. The highest BCUT2D eigenvalue weighted by molar-refractivity contribution is 6.22. The third-order valence-corrected chi connectivity index (χ3v) is 6.69. The van der Waals surface area contributed by atoms with Crippen LogP contribution >= 0.6 is 0 Å². The van der Waals surface area contributed by atoms with Crippen molar-refractivity contribution in [3.8, 4) is 5.88 Å². The summed E-state index contributed by atoms with van der Waals surface area (Å²) < 4.78 is 0. The molecule has 1 heterocycles. The summed E-state index contributed by atoms with van der Waals surface area (Å²) in [6.45, 7) is 4.26. The quantitative estimate of drug-likeness (QED) is 0.140. The van der Waals surface area contributed by atoms with Crippen LogP contribution in [-0.2, 0) is 0 Å². The Balaban J connectivity index is 1.59. The van der Waals surface area contributed by atoms with Gasteiger partial charge in [0.15, 0.2) is 5.88 Å². The summed E-state index contributed by atoms with van der Waals surface area (Å²) in [6.07, 6.45) is 0. The number of fused-ring (bicyclic) bond motifs is 1. The Labute approximate surface area is 238 Å². The van der Waals surface area contributed by atoms with E-state index < -0.39 is 0 Å². The molecule has 0 saturated carbocycles. The zero-order valence-corrected chi connectivity index (χ0v) is 22.8. The zero-order valence-electron chi connectivity index (χ0n) is 22.8. The number of para-hydroxylation sites is 2. The third kappa shape index (κ3) is 6.12. The van der Waals surface area contributed by atoms with Crippen LogP contribution in [0.2, 0.25) is 0 Å². The van der Waals surface area contributed by atoms with Crippen molar-refractivity contribution in [2.45, 2.75) is 19.9 Å². The fraction of sp³-hybridized carbons (Fsp3) is 0.121. The highest BCUT2D eigenvalue weighted by atomic mass is 16.3. The van der Waals surface area contributed by atoms with Gasteiger partial charge in [-0.05, 0) is 49.7 Å². The van der Waals surface area contributed by atoms with Crippen LogP contribution in [0.15, 0.2) is 108 Å². The molecule has 5 aromatic rings. The first kappa shape index (κ1) is 27.2. The Kier molecular flexibility index (Phi) is 8.10. The van der Waals surface area contributed by atoms with Crippen molar-refractivity contribution in [3.63, 3.8) is 0 Å². The molecule has 4 aromatic carbocycles. The maximum Gasteiger partial charge on any atom is 0.319 e. The first-order valence-electron chi connectivity index (χ1n) is 13.4. The predicted molar refractivity (Wildman–Crippen MR) is 163 cm³/mol. The van der Waals surface area contributed by atoms with E-state index in [0.717, 1.165) is 11.1 Å². The molecule has 1 atom stereocenters. The molecule has 1 aromatic heterocycles. The van der Waals surface area contributed by atoms with Gasteiger partial charge in [-0.3, -0.25) is 4.79 Å². The molecule has 0 radical (unpaired) electrons. The van der Waals surface area contributed by atoms with Crippen molar-refractivity contribution >= 4 is 39.9 Å². The largest absolute Gasteiger partial charge is 0.494 e. The maximum atomic E-state index is 13.3. The van der Waals surface area contributed by atoms with Gasteiger partial charge in [-0.25, -0.2) is 9.79 Å². The standard InChI is InChI=1S/C33H31N5O3/c1-3-34-33(41)38-28-17-11-10-16-27(28)36-30(23-14-8-5-9-15-23)29-25-20-24(18-19-26(25)37-32(29)40)31(39)35-21(2)22-12-6-4-7-13-22/h4-21,37,40H,3H2,1-2H3,(H,35,39)(H2,34,38,41)/t21-/m1/s1. The summed E-state index contributed by atoms with van der Waals surface area (Å²) >= 11 is 0. The maximum absolute atomic E-state index is 13.3. The van der Waals surface area contributed by atoms with Crippen LogP contribution in [0.4, 0.5) is 16.2 Å². The van der Waals surface area contributed by atoms with Crippen molar-refractivity contribution in [2.75, 3.05) is 11.9 Å². The molecule has 0 aliphatic rings. The SMILES string of the molecule is CCNC(=O)Nc1ccccc1N=C(c1ccccc1)c1c(O)[nH]c2ccc(C(=O)N[C@H](C)c3ccccc3)cc12. The number of hydrogen-bond donors (Lipinski definition) is 5. The summed E-state index contributed by atoms with van der Waals surface area (Å²) in [6, 6.07) is 31.1. The molecular formula is C33H31N5O3. The Morgan fingerprint density at radius 3 is 2.29 bits per heavy atom. The summed E-state index contributed by atoms with van der Waals surface area (Å²) in [7, 11) is 0. The van der Waals surface area contributed by atoms with Crippen molar-refractivity contribution in [1.29, 1.82) is 0 Å². The number of aliphatic imine (C=N–C) groups is 1. The summed E-state index contributed by atoms with van der Waals surface area (Å²) in [4.78, 5) is 33.5. The van der Waals surface area contributed by atoms with E-state index >= 15 is 0 Å². The van der Waals surface area contributed by atoms with E-state index in [1.165, 1.54) is 0 Å². The molecule has 0 bridgehead atoms. The Bertz CT molecular complexity index is 1710. The number of benzene rings is 4. The summed E-state index contributed by atoms with van der Waals surface area (Å²) in [5.41, 5.74) is 4.82. The van der Waals surface area contributed by atoms with Gasteiger partial charge in [0.2, 0.25) is 0 Å². The average Bonchev–Trinajstić information content (AvgIpc) is 3.32. The first-order chi connectivity index (χ1) is 19.9. The number of urea groups is 1. The van der Waals surface area contributed by atoms with Crippen LogP contribution in [-0.4, -0.2) is 34.3 Å². The lowest BCUT2D eigenvalue weighted by Crippen LogP contribution is -2.28. The minimum absolute atomic E-state index is 0.0769. The second-order valence-corrected chi connectivity index (χ2v) is 9.54. The fourth-order valence-corrected chi connectivity index (χ4v) is 4.65. The molecule has 5 N–H and O–H groups in total. The van der Waals surface area contributed by atoms with E-state index in [4.69, 9.17) is 4.99 Å². The van der Waals surface area contributed by atoms with E-state index in [1.54, 1.807) is 30.3 Å². The summed E-state index contributed by atoms with van der Waals surface area (Å²) in [5, 5.41) is 20.4. The number of anilines is 1. The molecule has 206 valence electrons. The van der Waals surface area contributed by atoms with Crippen LogP contribution in [0.3, 0.4) is 0 Å². The number of hydrogen-bond acceptors (Lipinski definition) is 4. The Morgan fingerprint density at radius 2 is 1.56 bits per heavy atom. The van der Waals surface area contributed by atoms with Crippen molar-refractivity contribution in [2.24, 2.45) is 4.99 Å². The van der Waals surface area contributed by atoms with Gasteiger partial charge < -0.3 is 26.0 Å². The van der Waals surface area contributed by atoms with Crippen LogP contribution in [0.25, 0.3) is 10.9 Å². The van der Waals surface area contributed by atoms with E-state index in [-0.39, 0.29) is 23.9 Å². The average molecular weight is 546 g/mol. The fourth-order valence-electron chi connectivity index (χ4n) is 4.65. The van der Waals surface area contributed by atoms with Crippen LogP contribution < -0.4 is 16.0 Å². The second-order valence-electron chi connectivity index (χ2n) is 9.54. The number of rotatable bonds is 8. The van der Waals surface area contributed by atoms with Gasteiger partial charge in [0.05, 0.1) is 28.7 Å². The Hall–Kier alpha value is -5.37. The molecule has 3 amide bonds. The topological polar surface area (TPSA) is 119 Å². The van der Waals surface area contributed by atoms with Gasteiger partial charge >= 0.3 is 6.03 Å². The minimum Gasteiger partial charge on any atom is -0.494 e. The van der Waals surface area contributed by atoms with E-state index in [1.807, 2.05) is 86.6 Å². The number of nitrogens with one attached hydrogen (secondary N) is 4. The molecule has 0 spiro atoms. The van der Waals surface area contributed by atoms with Crippen molar-refractivity contribution in [3.05, 3.63) is 125 Å². The minimum atomic E-state index is -0.341. The highest BCUT2D eigenvalue weighted by Gasteiger charge is 2.21. The van der Waals surface area contributed by atoms with Gasteiger partial charge in [0.1, 0.15) is 0 Å². The smallest absolute Gasteiger partial charge is 0.319 e. The normalized spacial score (nSPS) is 12.1. The van der Waals surface area contributed by atoms with Gasteiger partial charge in [0.25, 0.3) is 5.91 Å². The number of carbonyl (C=O) groups excluding carboxylic acids is 2. The molecular weight excluding hydrogens is 514 g/mol. The van der Waals surface area contributed by atoms with Gasteiger partial charge in [-0.1, -0.05) is 72.8 Å². The lowest BCUT2D eigenvalue weighted by molar-refractivity contribution is 0.0940.